The molecule has 1 aromatic heterocycles. The van der Waals surface area contributed by atoms with Gasteiger partial charge >= 0.3 is 5.97 Å². The van der Waals surface area contributed by atoms with Crippen LogP contribution in [0.2, 0.25) is 0 Å². The fraction of sp³-hybridized carbons (Fsp3) is 0.350. The molecule has 1 aliphatic heterocycles. The Kier molecular flexibility index (Phi) is 6.24. The molecule has 2 N–H and O–H groups in total. The molecule has 0 aliphatic carbocycles. The molecular weight excluding hydrogens is 364 g/mol. The lowest BCUT2D eigenvalue weighted by atomic mass is 10.1. The van der Waals surface area contributed by atoms with Crippen LogP contribution in [0.3, 0.4) is 0 Å². The normalized spacial score (nSPS) is 13.1. The molecule has 1 aliphatic rings. The summed E-state index contributed by atoms with van der Waals surface area (Å²) in [4.78, 5) is 38.2. The Balaban J connectivity index is 1.43. The molecule has 0 unspecified atom stereocenters. The molecule has 0 saturated carbocycles. The number of rotatable bonds is 7. The van der Waals surface area contributed by atoms with E-state index in [1.807, 2.05) is 4.90 Å². The smallest absolute Gasteiger partial charge is 0.303 e. The number of fused-ring (bicyclic) bond motifs is 1. The maximum absolute atomic E-state index is 12.4. The fourth-order valence-electron chi connectivity index (χ4n) is 3.07. The number of carbonyl (C=O) groups is 3. The third-order valence-electron chi connectivity index (χ3n) is 4.59. The molecule has 1 aromatic carbocycles. The summed E-state index contributed by atoms with van der Waals surface area (Å²) in [6, 6.07) is 9.16. The van der Waals surface area contributed by atoms with Gasteiger partial charge in [-0.15, -0.1) is 11.3 Å². The summed E-state index contributed by atoms with van der Waals surface area (Å²) in [6.07, 6.45) is 1.77. The Morgan fingerprint density at radius 2 is 1.85 bits per heavy atom. The number of amides is 2. The molecule has 2 amide bonds. The lowest BCUT2D eigenvalue weighted by Gasteiger charge is -2.27. The number of hydrogen-bond acceptors (Lipinski definition) is 4. The molecule has 0 fully saturated rings. The summed E-state index contributed by atoms with van der Waals surface area (Å²) in [5.74, 6) is -1.03. The summed E-state index contributed by atoms with van der Waals surface area (Å²) in [5.41, 5.74) is 2.77. The van der Waals surface area contributed by atoms with Gasteiger partial charge < -0.3 is 15.3 Å². The Hall–Kier alpha value is -2.67. The van der Waals surface area contributed by atoms with Gasteiger partial charge in [0.15, 0.2) is 0 Å². The predicted molar refractivity (Wildman–Crippen MR) is 104 cm³/mol. The van der Waals surface area contributed by atoms with Gasteiger partial charge in [0.1, 0.15) is 0 Å². The van der Waals surface area contributed by atoms with Gasteiger partial charge in [0.05, 0.1) is 0 Å². The van der Waals surface area contributed by atoms with Crippen LogP contribution < -0.4 is 5.32 Å². The fourth-order valence-corrected chi connectivity index (χ4v) is 3.96. The molecule has 0 spiro atoms. The SMILES string of the molecule is O=C(O)CCc1ccc(NC(=O)CCC(=O)N2CCc3sccc3C2)cc1. The highest BCUT2D eigenvalue weighted by Crippen LogP contribution is 2.24. The predicted octanol–water partition coefficient (Wildman–Crippen LogP) is 3.07. The van der Waals surface area contributed by atoms with Crippen LogP contribution in [-0.2, 0) is 33.8 Å². The molecule has 27 heavy (non-hydrogen) atoms. The van der Waals surface area contributed by atoms with Crippen molar-refractivity contribution in [2.24, 2.45) is 0 Å². The van der Waals surface area contributed by atoms with Crippen LogP contribution in [0.15, 0.2) is 35.7 Å². The number of benzene rings is 1. The molecule has 6 nitrogen and oxygen atoms in total. The van der Waals surface area contributed by atoms with Crippen LogP contribution in [-0.4, -0.2) is 34.3 Å². The molecule has 0 bridgehead atoms. The molecule has 3 rings (SSSR count). The number of carbonyl (C=O) groups excluding carboxylic acids is 2. The molecule has 2 aromatic rings. The van der Waals surface area contributed by atoms with Gasteiger partial charge in [0, 0.05) is 42.9 Å². The zero-order chi connectivity index (χ0) is 19.2. The van der Waals surface area contributed by atoms with Crippen molar-refractivity contribution in [3.05, 3.63) is 51.7 Å². The van der Waals surface area contributed by atoms with E-state index in [-0.39, 0.29) is 31.1 Å². The van der Waals surface area contributed by atoms with E-state index in [1.54, 1.807) is 35.6 Å². The first-order valence-electron chi connectivity index (χ1n) is 8.95. The van der Waals surface area contributed by atoms with Gasteiger partial charge in [-0.3, -0.25) is 14.4 Å². The number of thiophene rings is 1. The van der Waals surface area contributed by atoms with Crippen LogP contribution >= 0.6 is 11.3 Å². The van der Waals surface area contributed by atoms with Crippen molar-refractivity contribution in [3.63, 3.8) is 0 Å². The Morgan fingerprint density at radius 3 is 2.59 bits per heavy atom. The third kappa shape index (κ3) is 5.40. The summed E-state index contributed by atoms with van der Waals surface area (Å²) in [6.45, 7) is 1.35. The number of anilines is 1. The van der Waals surface area contributed by atoms with E-state index in [0.29, 0.717) is 25.2 Å². The molecule has 7 heteroatoms. The highest BCUT2D eigenvalue weighted by atomic mass is 32.1. The highest BCUT2D eigenvalue weighted by Gasteiger charge is 2.21. The lowest BCUT2D eigenvalue weighted by Crippen LogP contribution is -2.35. The summed E-state index contributed by atoms with van der Waals surface area (Å²) < 4.78 is 0. The minimum Gasteiger partial charge on any atom is -0.481 e. The second-order valence-corrected chi connectivity index (χ2v) is 7.57. The van der Waals surface area contributed by atoms with Crippen molar-refractivity contribution < 1.29 is 19.5 Å². The zero-order valence-electron chi connectivity index (χ0n) is 14.9. The van der Waals surface area contributed by atoms with Gasteiger partial charge in [0.25, 0.3) is 0 Å². The monoisotopic (exact) mass is 386 g/mol. The van der Waals surface area contributed by atoms with E-state index < -0.39 is 5.97 Å². The van der Waals surface area contributed by atoms with E-state index in [4.69, 9.17) is 5.11 Å². The topological polar surface area (TPSA) is 86.7 Å². The van der Waals surface area contributed by atoms with Gasteiger partial charge in [-0.25, -0.2) is 0 Å². The molecule has 2 heterocycles. The second-order valence-electron chi connectivity index (χ2n) is 6.57. The van der Waals surface area contributed by atoms with E-state index in [1.165, 1.54) is 10.4 Å². The number of carboxylic acids is 1. The lowest BCUT2D eigenvalue weighted by molar-refractivity contribution is -0.137. The van der Waals surface area contributed by atoms with Crippen LogP contribution in [0, 0.1) is 0 Å². The first kappa shape index (κ1) is 19.1. The van der Waals surface area contributed by atoms with E-state index in [9.17, 15) is 14.4 Å². The molecule has 142 valence electrons. The Morgan fingerprint density at radius 1 is 1.07 bits per heavy atom. The van der Waals surface area contributed by atoms with Crippen molar-refractivity contribution >= 4 is 34.8 Å². The number of aliphatic carboxylic acids is 1. The van der Waals surface area contributed by atoms with Crippen molar-refractivity contribution in [2.75, 3.05) is 11.9 Å². The first-order valence-corrected chi connectivity index (χ1v) is 9.83. The number of nitrogens with one attached hydrogen (secondary N) is 1. The second kappa shape index (κ2) is 8.81. The number of nitrogens with zero attached hydrogens (tertiary/aromatic N) is 1. The summed E-state index contributed by atoms with van der Waals surface area (Å²) >= 11 is 1.73. The molecular formula is C20H22N2O4S. The maximum atomic E-state index is 12.4. The van der Waals surface area contributed by atoms with E-state index in [0.717, 1.165) is 12.0 Å². The number of hydrogen-bond donors (Lipinski definition) is 2. The molecule has 0 radical (unpaired) electrons. The summed E-state index contributed by atoms with van der Waals surface area (Å²) in [5, 5.41) is 13.5. The standard InChI is InChI=1S/C20H22N2O4S/c23-18(21-16-4-1-14(2-5-16)3-8-20(25)26)6-7-19(24)22-11-9-17-15(13-22)10-12-27-17/h1-2,4-5,10,12H,3,6-9,11,13H2,(H,21,23)(H,25,26). The van der Waals surface area contributed by atoms with Crippen molar-refractivity contribution in [3.8, 4) is 0 Å². The van der Waals surface area contributed by atoms with Crippen molar-refractivity contribution in [1.82, 2.24) is 4.90 Å². The van der Waals surface area contributed by atoms with E-state index >= 15 is 0 Å². The van der Waals surface area contributed by atoms with Crippen molar-refractivity contribution in [2.45, 2.75) is 38.6 Å². The van der Waals surface area contributed by atoms with E-state index in [2.05, 4.69) is 16.8 Å². The van der Waals surface area contributed by atoms with Gasteiger partial charge in [0.2, 0.25) is 11.8 Å². The minimum atomic E-state index is -0.832. The van der Waals surface area contributed by atoms with Gasteiger partial charge in [-0.2, -0.15) is 0 Å². The highest BCUT2D eigenvalue weighted by molar-refractivity contribution is 7.10. The number of carboxylic acid groups (broad SMARTS) is 1. The van der Waals surface area contributed by atoms with Crippen LogP contribution in [0.25, 0.3) is 0 Å². The van der Waals surface area contributed by atoms with Crippen LogP contribution in [0.5, 0.6) is 0 Å². The zero-order valence-corrected chi connectivity index (χ0v) is 15.8. The maximum Gasteiger partial charge on any atom is 0.303 e. The minimum absolute atomic E-state index is 0.00557. The average molecular weight is 386 g/mol. The molecule has 0 atom stereocenters. The van der Waals surface area contributed by atoms with Crippen molar-refractivity contribution in [1.29, 1.82) is 0 Å². The first-order chi connectivity index (χ1) is 13.0. The Bertz CT molecular complexity index is 829. The van der Waals surface area contributed by atoms with Crippen LogP contribution in [0.1, 0.15) is 35.3 Å². The van der Waals surface area contributed by atoms with Crippen LogP contribution in [0.4, 0.5) is 5.69 Å². The third-order valence-corrected chi connectivity index (χ3v) is 5.61. The average Bonchev–Trinajstić information content (AvgIpc) is 3.13. The Labute approximate surface area is 161 Å². The van der Waals surface area contributed by atoms with Gasteiger partial charge in [-0.1, -0.05) is 12.1 Å². The largest absolute Gasteiger partial charge is 0.481 e. The summed E-state index contributed by atoms with van der Waals surface area (Å²) in [7, 11) is 0. The van der Waals surface area contributed by atoms with Gasteiger partial charge in [-0.05, 0) is 47.5 Å². The number of aryl methyl sites for hydroxylation is 1. The molecule has 0 saturated heterocycles. The quantitative estimate of drug-likeness (QED) is 0.766.